The molecule has 0 saturated heterocycles. The van der Waals surface area contributed by atoms with Gasteiger partial charge in [-0.2, -0.15) is 10.2 Å². The summed E-state index contributed by atoms with van der Waals surface area (Å²) in [4.78, 5) is 20.2. The third-order valence-electron chi connectivity index (χ3n) is 5.24. The van der Waals surface area contributed by atoms with E-state index in [9.17, 15) is 4.79 Å². The lowest BCUT2D eigenvalue weighted by atomic mass is 10.1. The van der Waals surface area contributed by atoms with Crippen molar-refractivity contribution in [2.45, 2.75) is 20.0 Å². The van der Waals surface area contributed by atoms with E-state index < -0.39 is 0 Å². The van der Waals surface area contributed by atoms with Gasteiger partial charge in [-0.1, -0.05) is 24.3 Å². The predicted molar refractivity (Wildman–Crippen MR) is 133 cm³/mol. The minimum absolute atomic E-state index is 0.168. The maximum absolute atomic E-state index is 12.2. The number of aromatic amines is 1. The second-order valence-corrected chi connectivity index (χ2v) is 8.16. The number of nitrogens with one attached hydrogen (secondary N) is 2. The Bertz CT molecular complexity index is 1440. The molecule has 0 unspecified atom stereocenters. The number of nitrogens with zero attached hydrogens (tertiary/aromatic N) is 3. The van der Waals surface area contributed by atoms with Crippen molar-refractivity contribution < 1.29 is 9.53 Å². The lowest BCUT2D eigenvalue weighted by molar-refractivity contribution is 0.0378. The summed E-state index contributed by atoms with van der Waals surface area (Å²) >= 11 is 0. The van der Waals surface area contributed by atoms with E-state index in [1.807, 2.05) is 80.6 Å². The maximum Gasteiger partial charge on any atom is 0.338 e. The molecular weight excluding hydrogens is 426 g/mol. The molecular formula is C27H23N5O2. The van der Waals surface area contributed by atoms with Crippen LogP contribution in [-0.2, 0) is 4.74 Å². The monoisotopic (exact) mass is 449 g/mol. The number of fused-ring (bicyclic) bond motifs is 1. The molecule has 2 N–H and O–H groups in total. The highest BCUT2D eigenvalue weighted by molar-refractivity contribution is 5.94. The number of carbonyl (C=O) groups excluding carboxylic acids is 1. The first-order valence-corrected chi connectivity index (χ1v) is 11.0. The largest absolute Gasteiger partial charge is 0.459 e. The molecule has 3 aromatic carbocycles. The number of carbonyl (C=O) groups is 1. The predicted octanol–water partition coefficient (Wildman–Crippen LogP) is 6.00. The van der Waals surface area contributed by atoms with Crippen molar-refractivity contribution in [1.82, 2.24) is 20.2 Å². The Hall–Kier alpha value is -4.52. The van der Waals surface area contributed by atoms with Gasteiger partial charge in [0.1, 0.15) is 5.82 Å². The summed E-state index contributed by atoms with van der Waals surface area (Å²) in [6.45, 7) is 3.66. The second kappa shape index (κ2) is 9.15. The zero-order chi connectivity index (χ0) is 23.5. The summed E-state index contributed by atoms with van der Waals surface area (Å²) in [6, 6.07) is 25.2. The molecule has 168 valence electrons. The molecule has 0 bridgehead atoms. The van der Waals surface area contributed by atoms with E-state index in [0.29, 0.717) is 5.56 Å². The van der Waals surface area contributed by atoms with Gasteiger partial charge in [-0.25, -0.2) is 9.78 Å². The van der Waals surface area contributed by atoms with E-state index in [1.165, 1.54) is 0 Å². The Morgan fingerprint density at radius 2 is 1.76 bits per heavy atom. The van der Waals surface area contributed by atoms with Crippen molar-refractivity contribution in [2.24, 2.45) is 0 Å². The Labute approximate surface area is 196 Å². The number of hydrogen-bond donors (Lipinski definition) is 2. The van der Waals surface area contributed by atoms with Crippen LogP contribution in [0.15, 0.2) is 85.1 Å². The summed E-state index contributed by atoms with van der Waals surface area (Å²) in [5, 5.41) is 11.5. The highest BCUT2D eigenvalue weighted by Crippen LogP contribution is 2.26. The third kappa shape index (κ3) is 4.63. The molecule has 34 heavy (non-hydrogen) atoms. The van der Waals surface area contributed by atoms with Gasteiger partial charge in [-0.15, -0.1) is 0 Å². The van der Waals surface area contributed by atoms with Crippen molar-refractivity contribution in [1.29, 1.82) is 0 Å². The van der Waals surface area contributed by atoms with Crippen LogP contribution in [0, 0.1) is 0 Å². The van der Waals surface area contributed by atoms with Gasteiger partial charge in [0.25, 0.3) is 0 Å². The highest BCUT2D eigenvalue weighted by Gasteiger charge is 2.12. The number of hydrogen-bond acceptors (Lipinski definition) is 6. The van der Waals surface area contributed by atoms with E-state index in [-0.39, 0.29) is 12.1 Å². The summed E-state index contributed by atoms with van der Waals surface area (Å²) < 4.78 is 5.29. The number of esters is 1. The molecule has 0 fully saturated rings. The molecule has 0 aliphatic carbocycles. The van der Waals surface area contributed by atoms with Crippen LogP contribution in [-0.4, -0.2) is 32.2 Å². The fraction of sp³-hybridized carbons (Fsp3) is 0.111. The van der Waals surface area contributed by atoms with Crippen LogP contribution in [0.5, 0.6) is 0 Å². The first-order valence-electron chi connectivity index (χ1n) is 11.0. The minimum Gasteiger partial charge on any atom is -0.459 e. The van der Waals surface area contributed by atoms with E-state index in [0.717, 1.165) is 45.1 Å². The smallest absolute Gasteiger partial charge is 0.338 e. The average molecular weight is 450 g/mol. The molecule has 0 atom stereocenters. The Morgan fingerprint density at radius 1 is 0.912 bits per heavy atom. The lowest BCUT2D eigenvalue weighted by Crippen LogP contribution is -2.11. The zero-order valence-corrected chi connectivity index (χ0v) is 18.8. The van der Waals surface area contributed by atoms with Gasteiger partial charge in [0.2, 0.25) is 0 Å². The van der Waals surface area contributed by atoms with Gasteiger partial charge in [-0.3, -0.25) is 0 Å². The Morgan fingerprint density at radius 3 is 2.53 bits per heavy atom. The van der Waals surface area contributed by atoms with Crippen LogP contribution in [0.2, 0.25) is 0 Å². The molecule has 0 spiro atoms. The van der Waals surface area contributed by atoms with Gasteiger partial charge in [0.15, 0.2) is 0 Å². The van der Waals surface area contributed by atoms with E-state index in [4.69, 9.17) is 4.74 Å². The standard InChI is InChI=1S/C27H23N5O2/c1-17(2)34-27(33)20-10-13-24-25(16-20)31-26(30-24)19-5-3-6-22(15-19)29-21-11-8-18(9-12-21)23-7-4-14-28-32-23/h3-17,29H,1-2H3,(H,30,31). The SMILES string of the molecule is CC(C)OC(=O)c1ccc2nc(-c3cccc(Nc4ccc(-c5cccnn5)cc4)c3)[nH]c2c1. The number of benzene rings is 3. The molecule has 2 aromatic heterocycles. The van der Waals surface area contributed by atoms with Gasteiger partial charge in [-0.05, 0) is 68.4 Å². The first kappa shape index (κ1) is 21.3. The molecule has 7 nitrogen and oxygen atoms in total. The average Bonchev–Trinajstić information content (AvgIpc) is 3.28. The van der Waals surface area contributed by atoms with E-state index in [1.54, 1.807) is 18.3 Å². The molecule has 5 rings (SSSR count). The maximum atomic E-state index is 12.2. The molecule has 0 aliphatic rings. The Kier molecular flexibility index (Phi) is 5.74. The first-order chi connectivity index (χ1) is 16.5. The van der Waals surface area contributed by atoms with E-state index in [2.05, 4.69) is 25.5 Å². The van der Waals surface area contributed by atoms with Crippen molar-refractivity contribution in [3.8, 4) is 22.6 Å². The van der Waals surface area contributed by atoms with Gasteiger partial charge in [0.05, 0.1) is 28.4 Å². The van der Waals surface area contributed by atoms with Gasteiger partial charge >= 0.3 is 5.97 Å². The van der Waals surface area contributed by atoms with Crippen molar-refractivity contribution in [2.75, 3.05) is 5.32 Å². The van der Waals surface area contributed by atoms with Crippen LogP contribution < -0.4 is 5.32 Å². The summed E-state index contributed by atoms with van der Waals surface area (Å²) in [7, 11) is 0. The topological polar surface area (TPSA) is 92.8 Å². The number of rotatable bonds is 6. The number of imidazole rings is 1. The number of aromatic nitrogens is 4. The van der Waals surface area contributed by atoms with Gasteiger partial charge < -0.3 is 15.0 Å². The van der Waals surface area contributed by atoms with Crippen LogP contribution in [0.3, 0.4) is 0 Å². The Balaban J connectivity index is 1.36. The normalized spacial score (nSPS) is 11.0. The molecule has 0 amide bonds. The fourth-order valence-corrected chi connectivity index (χ4v) is 3.65. The molecule has 0 radical (unpaired) electrons. The zero-order valence-electron chi connectivity index (χ0n) is 18.8. The number of anilines is 2. The molecule has 0 saturated carbocycles. The fourth-order valence-electron chi connectivity index (χ4n) is 3.65. The molecule has 2 heterocycles. The van der Waals surface area contributed by atoms with Crippen molar-refractivity contribution in [3.05, 3.63) is 90.6 Å². The summed E-state index contributed by atoms with van der Waals surface area (Å²) in [5.74, 6) is 0.385. The van der Waals surface area contributed by atoms with Gasteiger partial charge in [0, 0.05) is 28.7 Å². The number of ether oxygens (including phenoxy) is 1. The lowest BCUT2D eigenvalue weighted by Gasteiger charge is -2.08. The van der Waals surface area contributed by atoms with Crippen molar-refractivity contribution in [3.63, 3.8) is 0 Å². The van der Waals surface area contributed by atoms with Crippen molar-refractivity contribution >= 4 is 28.4 Å². The molecule has 7 heteroatoms. The minimum atomic E-state index is -0.343. The second-order valence-electron chi connectivity index (χ2n) is 8.16. The summed E-state index contributed by atoms with van der Waals surface area (Å²) in [5.41, 5.74) is 6.74. The number of H-pyrrole nitrogens is 1. The quantitative estimate of drug-likeness (QED) is 0.309. The van der Waals surface area contributed by atoms with E-state index >= 15 is 0 Å². The molecule has 5 aromatic rings. The van der Waals surface area contributed by atoms with Crippen LogP contribution >= 0.6 is 0 Å². The molecule has 0 aliphatic heterocycles. The van der Waals surface area contributed by atoms with Crippen LogP contribution in [0.1, 0.15) is 24.2 Å². The highest BCUT2D eigenvalue weighted by atomic mass is 16.5. The van der Waals surface area contributed by atoms with Crippen LogP contribution in [0.25, 0.3) is 33.7 Å². The van der Waals surface area contributed by atoms with Crippen LogP contribution in [0.4, 0.5) is 11.4 Å². The third-order valence-corrected chi connectivity index (χ3v) is 5.24. The summed E-state index contributed by atoms with van der Waals surface area (Å²) in [6.07, 6.45) is 1.49.